The van der Waals surface area contributed by atoms with E-state index in [4.69, 9.17) is 9.47 Å². The smallest absolute Gasteiger partial charge is 0.121 e. The van der Waals surface area contributed by atoms with Gasteiger partial charge in [0.2, 0.25) is 0 Å². The Hall–Kier alpha value is -1.44. The summed E-state index contributed by atoms with van der Waals surface area (Å²) in [6.45, 7) is 13.5. The van der Waals surface area contributed by atoms with Crippen molar-refractivity contribution >= 4 is 0 Å². The van der Waals surface area contributed by atoms with Crippen LogP contribution in [0.3, 0.4) is 0 Å². The Bertz CT molecular complexity index is 298. The zero-order valence-corrected chi connectivity index (χ0v) is 10.7. The average Bonchev–Trinajstić information content (AvgIpc) is 2.29. The molecule has 2 nitrogen and oxygen atoms in total. The van der Waals surface area contributed by atoms with Crippen molar-refractivity contribution in [1.82, 2.24) is 0 Å². The molecule has 90 valence electrons. The number of rotatable bonds is 7. The summed E-state index contributed by atoms with van der Waals surface area (Å²) in [5.41, 5.74) is 0.968. The van der Waals surface area contributed by atoms with Gasteiger partial charge in [-0.2, -0.15) is 0 Å². The van der Waals surface area contributed by atoms with Crippen molar-refractivity contribution in [2.45, 2.75) is 33.3 Å². The highest BCUT2D eigenvalue weighted by Crippen LogP contribution is 2.13. The van der Waals surface area contributed by atoms with Gasteiger partial charge in [0.25, 0.3) is 0 Å². The first kappa shape index (κ1) is 14.6. The topological polar surface area (TPSA) is 18.5 Å². The van der Waals surface area contributed by atoms with E-state index in [1.807, 2.05) is 19.9 Å². The first-order valence-corrected chi connectivity index (χ1v) is 5.47. The Kier molecular flexibility index (Phi) is 7.10. The van der Waals surface area contributed by atoms with Gasteiger partial charge in [-0.1, -0.05) is 20.1 Å². The summed E-state index contributed by atoms with van der Waals surface area (Å²) in [4.78, 5) is 0. The number of hydrogen-bond acceptors (Lipinski definition) is 2. The van der Waals surface area contributed by atoms with Gasteiger partial charge in [0.1, 0.15) is 11.5 Å². The molecule has 0 amide bonds. The molecule has 0 spiro atoms. The Morgan fingerprint density at radius 2 is 1.94 bits per heavy atom. The summed E-state index contributed by atoms with van der Waals surface area (Å²) < 4.78 is 10.8. The number of methoxy groups -OCH3 is 1. The summed E-state index contributed by atoms with van der Waals surface area (Å²) in [5, 5.41) is 0. The quantitative estimate of drug-likeness (QED) is 0.479. The minimum Gasteiger partial charge on any atom is -0.497 e. The predicted octanol–water partition coefficient (Wildman–Crippen LogP) is 3.98. The Morgan fingerprint density at radius 1 is 1.31 bits per heavy atom. The lowest BCUT2D eigenvalue weighted by Crippen LogP contribution is -2.05. The van der Waals surface area contributed by atoms with Crippen LogP contribution < -0.4 is 0 Å². The third kappa shape index (κ3) is 4.87. The highest BCUT2D eigenvalue weighted by Gasteiger charge is 2.02. The monoisotopic (exact) mass is 222 g/mol. The minimum atomic E-state index is 0.187. The molecule has 0 aliphatic carbocycles. The van der Waals surface area contributed by atoms with Gasteiger partial charge in [-0.15, -0.1) is 0 Å². The minimum absolute atomic E-state index is 0.187. The molecule has 0 saturated carbocycles. The lowest BCUT2D eigenvalue weighted by Gasteiger charge is -2.13. The van der Waals surface area contributed by atoms with Gasteiger partial charge in [0, 0.05) is 0 Å². The van der Waals surface area contributed by atoms with Crippen molar-refractivity contribution in [2.75, 3.05) is 7.11 Å². The second-order valence-electron chi connectivity index (χ2n) is 3.54. The third-order valence-corrected chi connectivity index (χ3v) is 2.27. The van der Waals surface area contributed by atoms with Gasteiger partial charge >= 0.3 is 0 Å². The van der Waals surface area contributed by atoms with Crippen LogP contribution in [-0.2, 0) is 9.47 Å². The second kappa shape index (κ2) is 7.80. The standard InChI is InChI=1S/C14H22O2/c1-7-12(5)16-13(8-2)10-11(4)14(9-3)15-6/h8-10,12H,2-3,7H2,1,4-6H3/b13-10+,14-11+. The first-order valence-electron chi connectivity index (χ1n) is 5.47. The molecule has 16 heavy (non-hydrogen) atoms. The molecular formula is C14H22O2. The normalized spacial score (nSPS) is 14.9. The largest absolute Gasteiger partial charge is 0.497 e. The van der Waals surface area contributed by atoms with Gasteiger partial charge in [-0.3, -0.25) is 0 Å². The molecule has 1 atom stereocenters. The van der Waals surface area contributed by atoms with Crippen molar-refractivity contribution in [3.8, 4) is 0 Å². The van der Waals surface area contributed by atoms with Gasteiger partial charge < -0.3 is 9.47 Å². The van der Waals surface area contributed by atoms with E-state index >= 15 is 0 Å². The van der Waals surface area contributed by atoms with E-state index in [2.05, 4.69) is 20.1 Å². The molecule has 0 aromatic rings. The number of allylic oxidation sites excluding steroid dienone is 4. The molecule has 0 bridgehead atoms. The fraction of sp³-hybridized carbons (Fsp3) is 0.429. The summed E-state index contributed by atoms with van der Waals surface area (Å²) in [6, 6.07) is 0. The van der Waals surface area contributed by atoms with Crippen LogP contribution in [0.4, 0.5) is 0 Å². The SMILES string of the molecule is C=C/C(=C\C(C)=C(/C=C)OC)OC(C)CC. The van der Waals surface area contributed by atoms with Crippen LogP contribution in [0.2, 0.25) is 0 Å². The van der Waals surface area contributed by atoms with Crippen LogP contribution >= 0.6 is 0 Å². The van der Waals surface area contributed by atoms with Gasteiger partial charge in [-0.25, -0.2) is 0 Å². The van der Waals surface area contributed by atoms with E-state index in [1.54, 1.807) is 19.3 Å². The number of ether oxygens (including phenoxy) is 2. The summed E-state index contributed by atoms with van der Waals surface area (Å²) in [5.74, 6) is 1.50. The van der Waals surface area contributed by atoms with Crippen LogP contribution in [0, 0.1) is 0 Å². The van der Waals surface area contributed by atoms with E-state index in [9.17, 15) is 0 Å². The Labute approximate surface area is 99.0 Å². The lowest BCUT2D eigenvalue weighted by atomic mass is 10.2. The van der Waals surface area contributed by atoms with Gasteiger partial charge in [0.05, 0.1) is 13.2 Å². The summed E-state index contributed by atoms with van der Waals surface area (Å²) >= 11 is 0. The van der Waals surface area contributed by atoms with E-state index in [1.165, 1.54) is 0 Å². The molecule has 0 aromatic carbocycles. The van der Waals surface area contributed by atoms with Gasteiger partial charge in [0.15, 0.2) is 0 Å². The van der Waals surface area contributed by atoms with Crippen LogP contribution in [0.5, 0.6) is 0 Å². The molecule has 0 radical (unpaired) electrons. The first-order chi connectivity index (χ1) is 7.58. The van der Waals surface area contributed by atoms with Crippen LogP contribution in [0.25, 0.3) is 0 Å². The fourth-order valence-corrected chi connectivity index (χ4v) is 1.15. The lowest BCUT2D eigenvalue weighted by molar-refractivity contribution is 0.138. The molecule has 0 rings (SSSR count). The van der Waals surface area contributed by atoms with Crippen molar-refractivity contribution < 1.29 is 9.47 Å². The van der Waals surface area contributed by atoms with Crippen LogP contribution in [0.1, 0.15) is 27.2 Å². The molecule has 0 aliphatic heterocycles. The zero-order chi connectivity index (χ0) is 12.6. The highest BCUT2D eigenvalue weighted by atomic mass is 16.5. The molecule has 0 aromatic heterocycles. The molecule has 0 saturated heterocycles. The van der Waals surface area contributed by atoms with Crippen LogP contribution in [0.15, 0.2) is 48.5 Å². The predicted molar refractivity (Wildman–Crippen MR) is 69.0 cm³/mol. The third-order valence-electron chi connectivity index (χ3n) is 2.27. The van der Waals surface area contributed by atoms with E-state index in [0.29, 0.717) is 0 Å². The van der Waals surface area contributed by atoms with E-state index in [-0.39, 0.29) is 6.10 Å². The van der Waals surface area contributed by atoms with E-state index < -0.39 is 0 Å². The molecule has 0 aliphatic rings. The summed E-state index contributed by atoms with van der Waals surface area (Å²) in [6.07, 6.45) is 6.43. The van der Waals surface area contributed by atoms with Crippen molar-refractivity contribution in [3.63, 3.8) is 0 Å². The molecule has 1 unspecified atom stereocenters. The van der Waals surface area contributed by atoms with Crippen molar-refractivity contribution in [1.29, 1.82) is 0 Å². The van der Waals surface area contributed by atoms with Crippen LogP contribution in [-0.4, -0.2) is 13.2 Å². The molecule has 0 heterocycles. The zero-order valence-electron chi connectivity index (χ0n) is 10.7. The maximum absolute atomic E-state index is 5.68. The Balaban J connectivity index is 4.87. The average molecular weight is 222 g/mol. The molecule has 0 N–H and O–H groups in total. The van der Waals surface area contributed by atoms with Crippen molar-refractivity contribution in [3.05, 3.63) is 48.5 Å². The summed E-state index contributed by atoms with van der Waals surface area (Å²) in [7, 11) is 1.62. The molecule has 2 heteroatoms. The number of hydrogen-bond donors (Lipinski definition) is 0. The fourth-order valence-electron chi connectivity index (χ4n) is 1.15. The van der Waals surface area contributed by atoms with E-state index in [0.717, 1.165) is 23.5 Å². The maximum atomic E-state index is 5.68. The molecule has 0 fully saturated rings. The maximum Gasteiger partial charge on any atom is 0.121 e. The van der Waals surface area contributed by atoms with Gasteiger partial charge in [-0.05, 0) is 44.1 Å². The highest BCUT2D eigenvalue weighted by molar-refractivity contribution is 5.30. The Morgan fingerprint density at radius 3 is 2.31 bits per heavy atom. The second-order valence-corrected chi connectivity index (χ2v) is 3.54. The van der Waals surface area contributed by atoms with Crippen molar-refractivity contribution in [2.24, 2.45) is 0 Å². The molecular weight excluding hydrogens is 200 g/mol.